The van der Waals surface area contributed by atoms with E-state index in [0.29, 0.717) is 17.9 Å². The molecule has 5 nitrogen and oxygen atoms in total. The first-order valence-electron chi connectivity index (χ1n) is 8.10. The van der Waals surface area contributed by atoms with Crippen molar-refractivity contribution in [3.8, 4) is 11.5 Å². The van der Waals surface area contributed by atoms with Crippen molar-refractivity contribution in [3.05, 3.63) is 82.6 Å². The minimum absolute atomic E-state index is 0.0730. The summed E-state index contributed by atoms with van der Waals surface area (Å²) < 4.78 is 5.87. The number of benzene rings is 2. The quantitative estimate of drug-likeness (QED) is 0.671. The zero-order valence-corrected chi connectivity index (χ0v) is 14.8. The fraction of sp³-hybridized carbons (Fsp3) is 0.100. The van der Waals surface area contributed by atoms with Crippen molar-refractivity contribution in [3.63, 3.8) is 0 Å². The Labute approximate surface area is 155 Å². The van der Waals surface area contributed by atoms with Gasteiger partial charge in [-0.25, -0.2) is 0 Å². The Kier molecular flexibility index (Phi) is 6.01. The number of ether oxygens (including phenoxy) is 1. The van der Waals surface area contributed by atoms with Crippen LogP contribution in [0.2, 0.25) is 0 Å². The smallest absolute Gasteiger partial charge is 0.252 e. The molecule has 0 aliphatic rings. The average molecular weight is 366 g/mol. The van der Waals surface area contributed by atoms with Gasteiger partial charge in [-0.15, -0.1) is 0 Å². The van der Waals surface area contributed by atoms with Crippen LogP contribution in [0.1, 0.15) is 15.9 Å². The lowest BCUT2D eigenvalue weighted by Gasteiger charge is -2.12. The number of thiophene rings is 1. The average Bonchev–Trinajstić information content (AvgIpc) is 3.21. The van der Waals surface area contributed by atoms with E-state index in [1.54, 1.807) is 11.4 Å². The second-order valence-electron chi connectivity index (χ2n) is 5.49. The lowest BCUT2D eigenvalue weighted by Crippen LogP contribution is -2.36. The highest BCUT2D eigenvalue weighted by atomic mass is 32.1. The normalized spacial score (nSPS) is 10.2. The predicted molar refractivity (Wildman–Crippen MR) is 101 cm³/mol. The molecule has 2 aromatic carbocycles. The van der Waals surface area contributed by atoms with E-state index in [0.717, 1.165) is 11.3 Å². The van der Waals surface area contributed by atoms with Gasteiger partial charge in [-0.05, 0) is 29.6 Å². The summed E-state index contributed by atoms with van der Waals surface area (Å²) >= 11 is 1.44. The van der Waals surface area contributed by atoms with E-state index in [4.69, 9.17) is 4.74 Å². The van der Waals surface area contributed by atoms with Crippen LogP contribution in [0.3, 0.4) is 0 Å². The summed E-state index contributed by atoms with van der Waals surface area (Å²) in [4.78, 5) is 23.8. The molecule has 1 aromatic heterocycles. The van der Waals surface area contributed by atoms with E-state index < -0.39 is 0 Å². The minimum atomic E-state index is -0.261. The fourth-order valence-electron chi connectivity index (χ4n) is 2.28. The number of rotatable bonds is 7. The molecule has 0 saturated heterocycles. The maximum atomic E-state index is 12.0. The number of para-hydroxylation sites is 2. The Bertz CT molecular complexity index is 864. The van der Waals surface area contributed by atoms with Gasteiger partial charge >= 0.3 is 0 Å². The summed E-state index contributed by atoms with van der Waals surface area (Å²) in [6.45, 7) is 0.243. The summed E-state index contributed by atoms with van der Waals surface area (Å²) in [5.74, 6) is 0.896. The molecule has 0 saturated carbocycles. The molecule has 0 radical (unpaired) electrons. The topological polar surface area (TPSA) is 67.4 Å². The van der Waals surface area contributed by atoms with Gasteiger partial charge in [0.1, 0.15) is 11.5 Å². The number of hydrogen-bond acceptors (Lipinski definition) is 4. The van der Waals surface area contributed by atoms with Crippen molar-refractivity contribution in [2.75, 3.05) is 6.54 Å². The highest BCUT2D eigenvalue weighted by Crippen LogP contribution is 2.24. The molecule has 0 aliphatic heterocycles. The Balaban J connectivity index is 1.53. The highest BCUT2D eigenvalue weighted by Gasteiger charge is 2.09. The highest BCUT2D eigenvalue weighted by molar-refractivity contribution is 7.08. The molecule has 0 fully saturated rings. The SMILES string of the molecule is O=C(CNC(=O)c1ccsc1)NCc1ccccc1Oc1ccccc1. The second kappa shape index (κ2) is 8.82. The number of amides is 2. The molecule has 6 heteroatoms. The number of carbonyl (C=O) groups excluding carboxylic acids is 2. The molecular formula is C20H18N2O3S. The van der Waals surface area contributed by atoms with Gasteiger partial charge in [-0.1, -0.05) is 36.4 Å². The van der Waals surface area contributed by atoms with Crippen molar-refractivity contribution in [2.45, 2.75) is 6.54 Å². The Morgan fingerprint density at radius 1 is 0.923 bits per heavy atom. The minimum Gasteiger partial charge on any atom is -0.457 e. The molecule has 1 heterocycles. The molecule has 2 amide bonds. The van der Waals surface area contributed by atoms with Crippen molar-refractivity contribution in [2.24, 2.45) is 0 Å². The Morgan fingerprint density at radius 3 is 2.46 bits per heavy atom. The van der Waals surface area contributed by atoms with Crippen LogP contribution in [0, 0.1) is 0 Å². The largest absolute Gasteiger partial charge is 0.457 e. The van der Waals surface area contributed by atoms with Crippen LogP contribution < -0.4 is 15.4 Å². The van der Waals surface area contributed by atoms with Crippen LogP contribution in [0.15, 0.2) is 71.4 Å². The molecule has 0 bridgehead atoms. The third kappa shape index (κ3) is 4.94. The first kappa shape index (κ1) is 17.7. The van der Waals surface area contributed by atoms with Crippen LogP contribution in [0.4, 0.5) is 0 Å². The molecule has 2 N–H and O–H groups in total. The van der Waals surface area contributed by atoms with Gasteiger partial charge in [-0.3, -0.25) is 9.59 Å². The molecule has 132 valence electrons. The summed E-state index contributed by atoms with van der Waals surface area (Å²) in [5, 5.41) is 8.95. The maximum absolute atomic E-state index is 12.0. The van der Waals surface area contributed by atoms with Crippen LogP contribution >= 0.6 is 11.3 Å². The van der Waals surface area contributed by atoms with E-state index in [9.17, 15) is 9.59 Å². The Morgan fingerprint density at radius 2 is 1.69 bits per heavy atom. The fourth-order valence-corrected chi connectivity index (χ4v) is 2.91. The molecule has 0 unspecified atom stereocenters. The second-order valence-corrected chi connectivity index (χ2v) is 6.27. The maximum Gasteiger partial charge on any atom is 0.252 e. The molecule has 26 heavy (non-hydrogen) atoms. The van der Waals surface area contributed by atoms with Gasteiger partial charge in [0.2, 0.25) is 5.91 Å². The third-order valence-corrected chi connectivity index (χ3v) is 4.30. The summed E-state index contributed by atoms with van der Waals surface area (Å²) in [6.07, 6.45) is 0. The van der Waals surface area contributed by atoms with E-state index in [1.165, 1.54) is 11.3 Å². The number of carbonyl (C=O) groups is 2. The molecular weight excluding hydrogens is 348 g/mol. The van der Waals surface area contributed by atoms with E-state index >= 15 is 0 Å². The third-order valence-electron chi connectivity index (χ3n) is 3.61. The monoisotopic (exact) mass is 366 g/mol. The van der Waals surface area contributed by atoms with Gasteiger partial charge in [0.05, 0.1) is 6.54 Å². The van der Waals surface area contributed by atoms with Crippen LogP contribution in [0.5, 0.6) is 11.5 Å². The molecule has 0 atom stereocenters. The lowest BCUT2D eigenvalue weighted by molar-refractivity contribution is -0.120. The van der Waals surface area contributed by atoms with Crippen molar-refractivity contribution >= 4 is 23.2 Å². The van der Waals surface area contributed by atoms with E-state index in [1.807, 2.05) is 60.0 Å². The van der Waals surface area contributed by atoms with Crippen molar-refractivity contribution < 1.29 is 14.3 Å². The zero-order chi connectivity index (χ0) is 18.2. The Hall–Kier alpha value is -3.12. The van der Waals surface area contributed by atoms with Gasteiger partial charge in [0, 0.05) is 23.1 Å². The van der Waals surface area contributed by atoms with Gasteiger partial charge in [-0.2, -0.15) is 11.3 Å². The summed E-state index contributed by atoms with van der Waals surface area (Å²) in [7, 11) is 0. The van der Waals surface area contributed by atoms with Crippen LogP contribution in [-0.4, -0.2) is 18.4 Å². The van der Waals surface area contributed by atoms with Gasteiger partial charge in [0.15, 0.2) is 0 Å². The number of hydrogen-bond donors (Lipinski definition) is 2. The first-order chi connectivity index (χ1) is 12.7. The zero-order valence-electron chi connectivity index (χ0n) is 14.0. The molecule has 3 aromatic rings. The first-order valence-corrected chi connectivity index (χ1v) is 9.04. The molecule has 0 spiro atoms. The van der Waals surface area contributed by atoms with E-state index in [-0.39, 0.29) is 18.4 Å². The van der Waals surface area contributed by atoms with Crippen molar-refractivity contribution in [1.82, 2.24) is 10.6 Å². The van der Waals surface area contributed by atoms with Crippen molar-refractivity contribution in [1.29, 1.82) is 0 Å². The van der Waals surface area contributed by atoms with Gasteiger partial charge in [0.25, 0.3) is 5.91 Å². The number of nitrogens with one attached hydrogen (secondary N) is 2. The summed E-state index contributed by atoms with van der Waals surface area (Å²) in [6, 6.07) is 18.7. The summed E-state index contributed by atoms with van der Waals surface area (Å²) in [5.41, 5.74) is 1.42. The molecule has 0 aliphatic carbocycles. The van der Waals surface area contributed by atoms with Crippen LogP contribution in [-0.2, 0) is 11.3 Å². The van der Waals surface area contributed by atoms with Gasteiger partial charge < -0.3 is 15.4 Å². The molecule has 3 rings (SSSR count). The standard InChI is InChI=1S/C20H18N2O3S/c23-19(13-22-20(24)16-10-11-26-14-16)21-12-15-6-4-5-9-18(15)25-17-7-2-1-3-8-17/h1-11,14H,12-13H2,(H,21,23)(H,22,24). The lowest BCUT2D eigenvalue weighted by atomic mass is 10.2. The predicted octanol–water partition coefficient (Wildman–Crippen LogP) is 3.59. The van der Waals surface area contributed by atoms with E-state index in [2.05, 4.69) is 10.6 Å². The van der Waals surface area contributed by atoms with Crippen LogP contribution in [0.25, 0.3) is 0 Å².